The van der Waals surface area contributed by atoms with Gasteiger partial charge < -0.3 is 15.6 Å². The van der Waals surface area contributed by atoms with Crippen LogP contribution in [0.5, 0.6) is 0 Å². The third-order valence-electron chi connectivity index (χ3n) is 2.98. The van der Waals surface area contributed by atoms with E-state index in [2.05, 4.69) is 5.32 Å². The lowest BCUT2D eigenvalue weighted by atomic mass is 10.3. The highest BCUT2D eigenvalue weighted by molar-refractivity contribution is 7.98. The van der Waals surface area contributed by atoms with Crippen molar-refractivity contribution in [2.75, 3.05) is 11.6 Å². The van der Waals surface area contributed by atoms with Crippen LogP contribution in [0.2, 0.25) is 0 Å². The van der Waals surface area contributed by atoms with Crippen LogP contribution in [0, 0.1) is 0 Å². The van der Waals surface area contributed by atoms with Gasteiger partial charge >= 0.3 is 0 Å². The summed E-state index contributed by atoms with van der Waals surface area (Å²) in [6.45, 7) is 1.62. The molecule has 2 atom stereocenters. The van der Waals surface area contributed by atoms with Crippen LogP contribution in [0.15, 0.2) is 63.2 Å². The van der Waals surface area contributed by atoms with Crippen LogP contribution >= 0.6 is 11.8 Å². The van der Waals surface area contributed by atoms with E-state index in [0.29, 0.717) is 10.6 Å². The summed E-state index contributed by atoms with van der Waals surface area (Å²) in [5.41, 5.74) is 6.12. The number of nitrogens with two attached hydrogens (primary N) is 1. The minimum Gasteiger partial charge on any atom is -0.606 e. The van der Waals surface area contributed by atoms with Gasteiger partial charge in [-0.05, 0) is 37.4 Å². The second kappa shape index (κ2) is 7.69. The van der Waals surface area contributed by atoms with Gasteiger partial charge in [0, 0.05) is 33.9 Å². The molecule has 0 aromatic heterocycles. The Bertz CT molecular complexity index is 662. The summed E-state index contributed by atoms with van der Waals surface area (Å²) in [4.78, 5) is 14.1. The van der Waals surface area contributed by atoms with Crippen LogP contribution in [0.1, 0.15) is 6.92 Å². The topological polar surface area (TPSA) is 78.2 Å². The van der Waals surface area contributed by atoms with Gasteiger partial charge in [0.25, 0.3) is 0 Å². The quantitative estimate of drug-likeness (QED) is 0.651. The van der Waals surface area contributed by atoms with E-state index in [1.807, 2.05) is 30.5 Å². The molecule has 0 aliphatic rings. The zero-order valence-corrected chi connectivity index (χ0v) is 14.0. The number of anilines is 1. The van der Waals surface area contributed by atoms with Crippen molar-refractivity contribution in [1.29, 1.82) is 0 Å². The molecule has 6 heteroatoms. The Morgan fingerprint density at radius 1 is 1.23 bits per heavy atom. The fourth-order valence-corrected chi connectivity index (χ4v) is 3.48. The zero-order valence-electron chi connectivity index (χ0n) is 12.4. The summed E-state index contributed by atoms with van der Waals surface area (Å²) >= 11 is 0.315. The Kier molecular flexibility index (Phi) is 5.90. The van der Waals surface area contributed by atoms with Crippen LogP contribution in [0.3, 0.4) is 0 Å². The van der Waals surface area contributed by atoms with Crippen molar-refractivity contribution >= 4 is 34.5 Å². The molecule has 0 bridgehead atoms. The minimum absolute atomic E-state index is 0.271. The van der Waals surface area contributed by atoms with Crippen molar-refractivity contribution in [3.05, 3.63) is 48.5 Å². The molecule has 4 nitrogen and oxygen atoms in total. The molecule has 0 spiro atoms. The fourth-order valence-electron chi connectivity index (χ4n) is 1.80. The van der Waals surface area contributed by atoms with Crippen molar-refractivity contribution in [2.24, 2.45) is 5.73 Å². The Morgan fingerprint density at radius 2 is 1.86 bits per heavy atom. The van der Waals surface area contributed by atoms with Crippen LogP contribution in [-0.2, 0) is 16.0 Å². The van der Waals surface area contributed by atoms with Crippen molar-refractivity contribution in [3.8, 4) is 0 Å². The van der Waals surface area contributed by atoms with Gasteiger partial charge in [-0.15, -0.1) is 11.8 Å². The first kappa shape index (κ1) is 16.9. The van der Waals surface area contributed by atoms with Crippen molar-refractivity contribution in [3.63, 3.8) is 0 Å². The molecule has 0 radical (unpaired) electrons. The van der Waals surface area contributed by atoms with Gasteiger partial charge in [0.2, 0.25) is 5.91 Å². The molecule has 0 saturated carbocycles. The van der Waals surface area contributed by atoms with E-state index in [-0.39, 0.29) is 5.91 Å². The van der Waals surface area contributed by atoms with E-state index in [4.69, 9.17) is 5.73 Å². The molecule has 1 amide bonds. The number of rotatable bonds is 5. The van der Waals surface area contributed by atoms with Gasteiger partial charge in [0.1, 0.15) is 0 Å². The number of hydrogen-bond donors (Lipinski definition) is 2. The van der Waals surface area contributed by atoms with Crippen LogP contribution in [-0.4, -0.2) is 22.8 Å². The molecule has 2 rings (SSSR count). The molecule has 0 aliphatic carbocycles. The highest BCUT2D eigenvalue weighted by atomic mass is 32.2. The largest absolute Gasteiger partial charge is 0.606 e. The van der Waals surface area contributed by atoms with E-state index in [9.17, 15) is 9.35 Å². The zero-order chi connectivity index (χ0) is 16.1. The maximum absolute atomic E-state index is 12.7. The number of carbonyl (C=O) groups excluding carboxylic acids is 1. The Balaban J connectivity index is 2.22. The molecular formula is C16H18N2O2S2. The van der Waals surface area contributed by atoms with Gasteiger partial charge in [-0.25, -0.2) is 0 Å². The van der Waals surface area contributed by atoms with E-state index in [1.54, 1.807) is 43.0 Å². The van der Waals surface area contributed by atoms with E-state index < -0.39 is 17.2 Å². The second-order valence-electron chi connectivity index (χ2n) is 4.75. The maximum atomic E-state index is 12.7. The summed E-state index contributed by atoms with van der Waals surface area (Å²) < 4.78 is 12.7. The normalized spacial score (nSPS) is 13.5. The predicted octanol–water partition coefficient (Wildman–Crippen LogP) is 2.86. The molecule has 2 aromatic carbocycles. The molecular weight excluding hydrogens is 316 g/mol. The summed E-state index contributed by atoms with van der Waals surface area (Å²) in [7, 11) is 0. The number of thioether (sulfide) groups is 1. The first-order valence-electron chi connectivity index (χ1n) is 6.73. The lowest BCUT2D eigenvalue weighted by Crippen LogP contribution is -2.32. The average molecular weight is 334 g/mol. The van der Waals surface area contributed by atoms with E-state index in [1.165, 1.54) is 0 Å². The standard InChI is InChI=1S/C16H18N2O2S2/c1-11(17)16(19)18-12-5-3-7-14(9-12)22(20)15-8-4-6-13(10-15)21-2/h3-11H,17H2,1-2H3,(H,18,19). The highest BCUT2D eigenvalue weighted by Crippen LogP contribution is 2.26. The van der Waals surface area contributed by atoms with Gasteiger partial charge in [-0.2, -0.15) is 0 Å². The molecule has 2 unspecified atom stereocenters. The molecule has 3 N–H and O–H groups in total. The Hall–Kier alpha value is -1.47. The van der Waals surface area contributed by atoms with Crippen LogP contribution in [0.25, 0.3) is 0 Å². The number of carbonyl (C=O) groups is 1. The first-order valence-corrected chi connectivity index (χ1v) is 9.11. The molecule has 2 aromatic rings. The lowest BCUT2D eigenvalue weighted by molar-refractivity contribution is -0.117. The van der Waals surface area contributed by atoms with Gasteiger partial charge in [0.15, 0.2) is 9.79 Å². The van der Waals surface area contributed by atoms with E-state index >= 15 is 0 Å². The highest BCUT2D eigenvalue weighted by Gasteiger charge is 2.16. The van der Waals surface area contributed by atoms with Gasteiger partial charge in [0.05, 0.1) is 6.04 Å². The molecule has 0 heterocycles. The van der Waals surface area contributed by atoms with Crippen LogP contribution < -0.4 is 11.1 Å². The first-order chi connectivity index (χ1) is 10.5. The van der Waals surface area contributed by atoms with Crippen molar-refractivity contribution in [1.82, 2.24) is 0 Å². The molecule has 0 aliphatic heterocycles. The maximum Gasteiger partial charge on any atom is 0.241 e. The number of amides is 1. The summed E-state index contributed by atoms with van der Waals surface area (Å²) in [6.07, 6.45) is 1.98. The van der Waals surface area contributed by atoms with Gasteiger partial charge in [-0.1, -0.05) is 12.1 Å². The van der Waals surface area contributed by atoms with Gasteiger partial charge in [-0.3, -0.25) is 4.79 Å². The minimum atomic E-state index is -1.29. The molecule has 22 heavy (non-hydrogen) atoms. The summed E-state index contributed by atoms with van der Waals surface area (Å²) in [6, 6.07) is 14.0. The van der Waals surface area contributed by atoms with E-state index in [0.717, 1.165) is 9.79 Å². The predicted molar refractivity (Wildman–Crippen MR) is 91.6 cm³/mol. The number of benzene rings is 2. The third kappa shape index (κ3) is 4.27. The van der Waals surface area contributed by atoms with Crippen molar-refractivity contribution < 1.29 is 9.35 Å². The monoisotopic (exact) mass is 334 g/mol. The second-order valence-corrected chi connectivity index (χ2v) is 7.11. The smallest absolute Gasteiger partial charge is 0.241 e. The third-order valence-corrected chi connectivity index (χ3v) is 5.07. The SMILES string of the molecule is CSc1cccc([S+]([O-])c2cccc(NC(=O)C(C)N)c2)c1. The lowest BCUT2D eigenvalue weighted by Gasteiger charge is -2.13. The number of hydrogen-bond acceptors (Lipinski definition) is 4. The van der Waals surface area contributed by atoms with Crippen molar-refractivity contribution in [2.45, 2.75) is 27.7 Å². The number of nitrogens with one attached hydrogen (secondary N) is 1. The summed E-state index contributed by atoms with van der Waals surface area (Å²) in [5.74, 6) is -0.271. The summed E-state index contributed by atoms with van der Waals surface area (Å²) in [5, 5.41) is 2.71. The molecule has 0 saturated heterocycles. The molecule has 0 fully saturated rings. The van der Waals surface area contributed by atoms with Crippen LogP contribution in [0.4, 0.5) is 5.69 Å². The fraction of sp³-hybridized carbons (Fsp3) is 0.188. The Labute approximate surface area is 137 Å². The Morgan fingerprint density at radius 3 is 2.50 bits per heavy atom. The molecule has 116 valence electrons. The average Bonchev–Trinajstić information content (AvgIpc) is 2.54.